The van der Waals surface area contributed by atoms with Crippen molar-refractivity contribution in [3.05, 3.63) is 65.5 Å². The highest BCUT2D eigenvalue weighted by Gasteiger charge is 2.29. The number of hydrogen-bond acceptors (Lipinski definition) is 8. The van der Waals surface area contributed by atoms with E-state index in [1.807, 2.05) is 13.8 Å². The van der Waals surface area contributed by atoms with Crippen LogP contribution >= 0.6 is 0 Å². The monoisotopic (exact) mass is 576 g/mol. The van der Waals surface area contributed by atoms with Crippen molar-refractivity contribution in [3.63, 3.8) is 0 Å². The zero-order chi connectivity index (χ0) is 29.9. The number of ether oxygens (including phenoxy) is 1. The topological polar surface area (TPSA) is 174 Å². The van der Waals surface area contributed by atoms with Crippen molar-refractivity contribution in [2.75, 3.05) is 6.61 Å². The first-order chi connectivity index (χ1) is 18.6. The van der Waals surface area contributed by atoms with Gasteiger partial charge in [0.2, 0.25) is 21.8 Å². The van der Waals surface area contributed by atoms with E-state index in [-0.39, 0.29) is 30.8 Å². The van der Waals surface area contributed by atoms with Crippen molar-refractivity contribution in [3.8, 4) is 0 Å². The second-order valence-corrected chi connectivity index (χ2v) is 12.2. The Balaban J connectivity index is 1.98. The average molecular weight is 577 g/mol. The molecule has 12 nitrogen and oxygen atoms in total. The molecule has 0 aliphatic carbocycles. The Kier molecular flexibility index (Phi) is 12.0. The van der Waals surface area contributed by atoms with E-state index >= 15 is 0 Å². The number of pyridine rings is 1. The van der Waals surface area contributed by atoms with Crippen molar-refractivity contribution >= 4 is 27.7 Å². The summed E-state index contributed by atoms with van der Waals surface area (Å²) in [7, 11) is -3.89. The van der Waals surface area contributed by atoms with Crippen LogP contribution in [0.5, 0.6) is 0 Å². The van der Waals surface area contributed by atoms with Crippen LogP contribution in [0.2, 0.25) is 0 Å². The van der Waals surface area contributed by atoms with Crippen LogP contribution in [0.3, 0.4) is 0 Å². The Labute approximate surface area is 236 Å². The largest absolute Gasteiger partial charge is 0.391 e. The van der Waals surface area contributed by atoms with E-state index in [4.69, 9.17) is 15.3 Å². The number of aromatic nitrogens is 1. The number of rotatable bonds is 14. The molecule has 2 atom stereocenters. The molecule has 0 aliphatic heterocycles. The van der Waals surface area contributed by atoms with Gasteiger partial charge in [-0.15, -0.1) is 0 Å². The SMILES string of the molecule is CC(C)O/N=C(/N)c1ccc(CNC(=O)C(C)NC(=O)C(COC(C)(C)C)NS(=O)(=O)Cc2ccccc2)nc1. The van der Waals surface area contributed by atoms with Gasteiger partial charge in [0.05, 0.1) is 30.2 Å². The summed E-state index contributed by atoms with van der Waals surface area (Å²) in [6.45, 7) is 10.4. The molecule has 2 amide bonds. The molecule has 0 fully saturated rings. The Morgan fingerprint density at radius 1 is 1.05 bits per heavy atom. The molecule has 1 heterocycles. The minimum Gasteiger partial charge on any atom is -0.391 e. The van der Waals surface area contributed by atoms with Gasteiger partial charge in [-0.3, -0.25) is 14.6 Å². The summed E-state index contributed by atoms with van der Waals surface area (Å²) in [4.78, 5) is 35.1. The van der Waals surface area contributed by atoms with Gasteiger partial charge in [0.25, 0.3) is 0 Å². The minimum atomic E-state index is -3.89. The van der Waals surface area contributed by atoms with Crippen molar-refractivity contribution in [1.29, 1.82) is 0 Å². The lowest BCUT2D eigenvalue weighted by molar-refractivity contribution is -0.131. The van der Waals surface area contributed by atoms with Gasteiger partial charge in [0, 0.05) is 11.8 Å². The van der Waals surface area contributed by atoms with E-state index in [1.54, 1.807) is 63.2 Å². The van der Waals surface area contributed by atoms with Gasteiger partial charge in [-0.05, 0) is 59.2 Å². The first-order valence-corrected chi connectivity index (χ1v) is 14.5. The van der Waals surface area contributed by atoms with Crippen LogP contribution in [0.15, 0.2) is 53.8 Å². The Bertz CT molecular complexity index is 1240. The zero-order valence-corrected chi connectivity index (χ0v) is 24.6. The van der Waals surface area contributed by atoms with Crippen LogP contribution in [-0.2, 0) is 41.5 Å². The van der Waals surface area contributed by atoms with Gasteiger partial charge >= 0.3 is 0 Å². The molecule has 1 aromatic heterocycles. The van der Waals surface area contributed by atoms with E-state index in [0.717, 1.165) is 0 Å². The molecule has 2 rings (SSSR count). The normalized spacial score (nSPS) is 13.9. The molecule has 0 aliphatic rings. The van der Waals surface area contributed by atoms with Crippen molar-refractivity contribution in [2.45, 2.75) is 77.6 Å². The highest BCUT2D eigenvalue weighted by Crippen LogP contribution is 2.10. The van der Waals surface area contributed by atoms with Crippen LogP contribution in [0.25, 0.3) is 0 Å². The Hall–Kier alpha value is -3.55. The lowest BCUT2D eigenvalue weighted by Gasteiger charge is -2.25. The number of benzene rings is 1. The predicted molar refractivity (Wildman–Crippen MR) is 152 cm³/mol. The molecule has 40 heavy (non-hydrogen) atoms. The van der Waals surface area contributed by atoms with Crippen molar-refractivity contribution < 1.29 is 27.6 Å². The standard InChI is InChI=1S/C27H40N6O6S/c1-18(2)39-32-24(28)21-12-13-22(29-14-21)15-30-25(34)19(3)31-26(35)23(16-38-27(4,5)6)33-40(36,37)17-20-10-8-7-9-11-20/h7-14,18-19,23,33H,15-17H2,1-6H3,(H2,28,32)(H,30,34)(H,31,35). The molecule has 0 saturated carbocycles. The van der Waals surface area contributed by atoms with Gasteiger partial charge in [-0.25, -0.2) is 13.1 Å². The third-order valence-corrected chi connectivity index (χ3v) is 6.56. The highest BCUT2D eigenvalue weighted by molar-refractivity contribution is 7.88. The number of carbonyl (C=O) groups excluding carboxylic acids is 2. The smallest absolute Gasteiger partial charge is 0.242 e. The Morgan fingerprint density at radius 3 is 2.30 bits per heavy atom. The molecule has 2 aromatic rings. The molecule has 2 unspecified atom stereocenters. The van der Waals surface area contributed by atoms with E-state index in [0.29, 0.717) is 16.8 Å². The lowest BCUT2D eigenvalue weighted by Crippen LogP contribution is -2.54. The summed E-state index contributed by atoms with van der Waals surface area (Å²) in [5, 5.41) is 9.08. The van der Waals surface area contributed by atoms with Crippen molar-refractivity contribution in [2.24, 2.45) is 10.9 Å². The third kappa shape index (κ3) is 12.1. The van der Waals surface area contributed by atoms with E-state index in [1.165, 1.54) is 13.1 Å². The number of nitrogens with one attached hydrogen (secondary N) is 3. The quantitative estimate of drug-likeness (QED) is 0.149. The molecule has 0 spiro atoms. The number of amidine groups is 1. The number of amides is 2. The molecule has 0 saturated heterocycles. The summed E-state index contributed by atoms with van der Waals surface area (Å²) in [5.74, 6) is -1.30. The molecule has 220 valence electrons. The second kappa shape index (κ2) is 14.7. The van der Waals surface area contributed by atoms with Crippen LogP contribution in [0.4, 0.5) is 0 Å². The maximum atomic E-state index is 13.0. The van der Waals surface area contributed by atoms with Gasteiger partial charge < -0.3 is 25.9 Å². The molecule has 0 bridgehead atoms. The molecule has 13 heteroatoms. The fraction of sp³-hybridized carbons (Fsp3) is 0.481. The van der Waals surface area contributed by atoms with Crippen LogP contribution in [0.1, 0.15) is 58.4 Å². The third-order valence-electron chi connectivity index (χ3n) is 5.20. The number of hydrogen-bond donors (Lipinski definition) is 4. The van der Waals surface area contributed by atoms with Gasteiger partial charge in [0.1, 0.15) is 18.2 Å². The maximum absolute atomic E-state index is 13.0. The molecular weight excluding hydrogens is 536 g/mol. The first kappa shape index (κ1) is 32.7. The first-order valence-electron chi connectivity index (χ1n) is 12.9. The summed E-state index contributed by atoms with van der Waals surface area (Å²) in [6.07, 6.45) is 1.40. The Morgan fingerprint density at radius 2 is 1.73 bits per heavy atom. The number of nitrogens with zero attached hydrogens (tertiary/aromatic N) is 2. The minimum absolute atomic E-state index is 0.0964. The number of oxime groups is 1. The lowest BCUT2D eigenvalue weighted by atomic mass is 10.2. The van der Waals surface area contributed by atoms with E-state index < -0.39 is 39.5 Å². The summed E-state index contributed by atoms with van der Waals surface area (Å²) in [6, 6.07) is 9.77. The number of sulfonamides is 1. The van der Waals surface area contributed by atoms with Crippen LogP contribution < -0.4 is 21.1 Å². The summed E-state index contributed by atoms with van der Waals surface area (Å²) >= 11 is 0. The summed E-state index contributed by atoms with van der Waals surface area (Å²) in [5.41, 5.74) is 6.94. The molecular formula is C27H40N6O6S. The molecule has 0 radical (unpaired) electrons. The van der Waals surface area contributed by atoms with Crippen molar-refractivity contribution in [1.82, 2.24) is 20.3 Å². The van der Waals surface area contributed by atoms with E-state index in [2.05, 4.69) is 25.5 Å². The summed E-state index contributed by atoms with van der Waals surface area (Å²) < 4.78 is 33.7. The number of carbonyl (C=O) groups is 2. The average Bonchev–Trinajstić information content (AvgIpc) is 2.88. The molecule has 5 N–H and O–H groups in total. The van der Waals surface area contributed by atoms with Crippen LogP contribution in [-0.4, -0.2) is 61.4 Å². The van der Waals surface area contributed by atoms with E-state index in [9.17, 15) is 18.0 Å². The molecule has 1 aromatic carbocycles. The predicted octanol–water partition coefficient (Wildman–Crippen LogP) is 1.55. The van der Waals surface area contributed by atoms with Gasteiger partial charge in [-0.2, -0.15) is 0 Å². The second-order valence-electron chi connectivity index (χ2n) is 10.5. The zero-order valence-electron chi connectivity index (χ0n) is 23.8. The fourth-order valence-corrected chi connectivity index (χ4v) is 4.48. The van der Waals surface area contributed by atoms with Gasteiger partial charge in [0.15, 0.2) is 5.84 Å². The van der Waals surface area contributed by atoms with Gasteiger partial charge in [-0.1, -0.05) is 35.5 Å². The number of nitrogens with two attached hydrogens (primary N) is 1. The highest BCUT2D eigenvalue weighted by atomic mass is 32.2. The maximum Gasteiger partial charge on any atom is 0.242 e. The fourth-order valence-electron chi connectivity index (χ4n) is 3.15. The van der Waals surface area contributed by atoms with Crippen LogP contribution in [0, 0.1) is 0 Å².